The van der Waals surface area contributed by atoms with E-state index in [1.807, 2.05) is 19.1 Å². The lowest BCUT2D eigenvalue weighted by atomic mass is 10.1. The molecule has 96 valence electrons. The van der Waals surface area contributed by atoms with Gasteiger partial charge in [-0.1, -0.05) is 37.1 Å². The van der Waals surface area contributed by atoms with E-state index in [1.54, 1.807) is 12.1 Å². The zero-order chi connectivity index (χ0) is 13.1. The van der Waals surface area contributed by atoms with E-state index in [1.165, 1.54) is 4.90 Å². The van der Waals surface area contributed by atoms with Gasteiger partial charge in [0.05, 0.1) is 6.54 Å². The fourth-order valence-corrected chi connectivity index (χ4v) is 2.11. The molecular formula is C13H15ClN2O2. The van der Waals surface area contributed by atoms with E-state index in [2.05, 4.69) is 5.32 Å². The van der Waals surface area contributed by atoms with Gasteiger partial charge in [0.15, 0.2) is 0 Å². The average molecular weight is 267 g/mol. The number of nitrogens with zero attached hydrogens (tertiary/aromatic N) is 1. The third-order valence-corrected chi connectivity index (χ3v) is 3.19. The molecule has 5 heteroatoms. The van der Waals surface area contributed by atoms with Gasteiger partial charge in [-0.05, 0) is 24.1 Å². The summed E-state index contributed by atoms with van der Waals surface area (Å²) in [5.74, 6) is -0.142. The predicted octanol–water partition coefficient (Wildman–Crippen LogP) is 2.56. The van der Waals surface area contributed by atoms with Gasteiger partial charge in [-0.15, -0.1) is 0 Å². The number of amides is 3. The first-order valence-electron chi connectivity index (χ1n) is 5.98. The van der Waals surface area contributed by atoms with Crippen molar-refractivity contribution in [2.75, 3.05) is 0 Å². The molecule has 1 heterocycles. The van der Waals surface area contributed by atoms with Gasteiger partial charge in [0.25, 0.3) is 5.91 Å². The highest BCUT2D eigenvalue weighted by atomic mass is 35.5. The summed E-state index contributed by atoms with van der Waals surface area (Å²) in [5.41, 5.74) is 0.889. The van der Waals surface area contributed by atoms with Crippen LogP contribution in [0.15, 0.2) is 24.3 Å². The van der Waals surface area contributed by atoms with Crippen molar-refractivity contribution in [1.29, 1.82) is 0 Å². The number of benzene rings is 1. The number of urea groups is 1. The van der Waals surface area contributed by atoms with Crippen LogP contribution in [0, 0.1) is 0 Å². The smallest absolute Gasteiger partial charge is 0.325 e. The molecule has 0 aliphatic carbocycles. The van der Waals surface area contributed by atoms with Crippen molar-refractivity contribution in [3.8, 4) is 0 Å². The second-order valence-corrected chi connectivity index (χ2v) is 4.78. The molecule has 0 bridgehead atoms. The third kappa shape index (κ3) is 2.64. The summed E-state index contributed by atoms with van der Waals surface area (Å²) in [6.07, 6.45) is 1.55. The number of imide groups is 1. The Morgan fingerprint density at radius 3 is 2.56 bits per heavy atom. The Morgan fingerprint density at radius 1 is 1.28 bits per heavy atom. The summed E-state index contributed by atoms with van der Waals surface area (Å²) in [6.45, 7) is 2.28. The van der Waals surface area contributed by atoms with E-state index in [-0.39, 0.29) is 18.0 Å². The Balaban J connectivity index is 2.07. The quantitative estimate of drug-likeness (QED) is 0.852. The summed E-state index contributed by atoms with van der Waals surface area (Å²) >= 11 is 5.79. The molecule has 0 spiro atoms. The van der Waals surface area contributed by atoms with Gasteiger partial charge in [-0.2, -0.15) is 0 Å². The SMILES string of the molecule is CCC[C@H]1NC(=O)N(Cc2ccc(Cl)cc2)C1=O. The Bertz CT molecular complexity index is 459. The highest BCUT2D eigenvalue weighted by molar-refractivity contribution is 6.30. The van der Waals surface area contributed by atoms with Gasteiger partial charge in [-0.3, -0.25) is 9.69 Å². The van der Waals surface area contributed by atoms with Crippen molar-refractivity contribution in [2.24, 2.45) is 0 Å². The Hall–Kier alpha value is -1.55. The first-order valence-corrected chi connectivity index (χ1v) is 6.36. The van der Waals surface area contributed by atoms with Crippen LogP contribution in [0.4, 0.5) is 4.79 Å². The number of rotatable bonds is 4. The maximum atomic E-state index is 12.0. The van der Waals surface area contributed by atoms with Crippen molar-refractivity contribution in [3.63, 3.8) is 0 Å². The summed E-state index contributed by atoms with van der Waals surface area (Å²) in [5, 5.41) is 3.34. The molecule has 2 rings (SSSR count). The molecular weight excluding hydrogens is 252 g/mol. The minimum Gasteiger partial charge on any atom is -0.326 e. The lowest BCUT2D eigenvalue weighted by Crippen LogP contribution is -2.30. The maximum Gasteiger partial charge on any atom is 0.325 e. The first-order chi connectivity index (χ1) is 8.61. The van der Waals surface area contributed by atoms with E-state index in [0.29, 0.717) is 18.0 Å². The van der Waals surface area contributed by atoms with Crippen LogP contribution in [-0.2, 0) is 11.3 Å². The Morgan fingerprint density at radius 2 is 1.94 bits per heavy atom. The lowest BCUT2D eigenvalue weighted by Gasteiger charge is -2.12. The van der Waals surface area contributed by atoms with E-state index in [0.717, 1.165) is 12.0 Å². The molecule has 1 aliphatic heterocycles. The van der Waals surface area contributed by atoms with Crippen molar-refractivity contribution in [3.05, 3.63) is 34.9 Å². The number of carbonyl (C=O) groups is 2. The second kappa shape index (κ2) is 5.40. The summed E-state index contributed by atoms with van der Waals surface area (Å²) in [4.78, 5) is 25.0. The largest absolute Gasteiger partial charge is 0.326 e. The molecule has 3 amide bonds. The monoisotopic (exact) mass is 266 g/mol. The van der Waals surface area contributed by atoms with Crippen LogP contribution in [0.2, 0.25) is 5.02 Å². The number of hydrogen-bond acceptors (Lipinski definition) is 2. The van der Waals surface area contributed by atoms with Gasteiger partial charge in [0.2, 0.25) is 0 Å². The molecule has 4 nitrogen and oxygen atoms in total. The summed E-state index contributed by atoms with van der Waals surface area (Å²) in [7, 11) is 0. The standard InChI is InChI=1S/C13H15ClN2O2/c1-2-3-11-12(17)16(13(18)15-11)8-9-4-6-10(14)7-5-9/h4-7,11H,2-3,8H2,1H3,(H,15,18)/t11-/m1/s1. The Labute approximate surface area is 111 Å². The molecule has 1 aromatic rings. The molecule has 1 N–H and O–H groups in total. The van der Waals surface area contributed by atoms with Crippen LogP contribution in [0.1, 0.15) is 25.3 Å². The van der Waals surface area contributed by atoms with Gasteiger partial charge in [0.1, 0.15) is 6.04 Å². The van der Waals surface area contributed by atoms with Crippen molar-refractivity contribution >= 4 is 23.5 Å². The molecule has 0 aromatic heterocycles. The molecule has 0 saturated carbocycles. The van der Waals surface area contributed by atoms with Crippen LogP contribution >= 0.6 is 11.6 Å². The molecule has 0 unspecified atom stereocenters. The number of carbonyl (C=O) groups excluding carboxylic acids is 2. The van der Waals surface area contributed by atoms with Crippen LogP contribution in [0.5, 0.6) is 0 Å². The van der Waals surface area contributed by atoms with Gasteiger partial charge in [-0.25, -0.2) is 4.79 Å². The highest BCUT2D eigenvalue weighted by Gasteiger charge is 2.36. The van der Waals surface area contributed by atoms with Crippen LogP contribution in [0.25, 0.3) is 0 Å². The molecule has 0 radical (unpaired) electrons. The van der Waals surface area contributed by atoms with E-state index in [4.69, 9.17) is 11.6 Å². The van der Waals surface area contributed by atoms with Crippen LogP contribution < -0.4 is 5.32 Å². The van der Waals surface area contributed by atoms with Gasteiger partial charge >= 0.3 is 6.03 Å². The second-order valence-electron chi connectivity index (χ2n) is 4.34. The highest BCUT2D eigenvalue weighted by Crippen LogP contribution is 2.16. The molecule has 1 aromatic carbocycles. The first kappa shape index (κ1) is 12.9. The molecule has 18 heavy (non-hydrogen) atoms. The minimum absolute atomic E-state index is 0.142. The van der Waals surface area contributed by atoms with Crippen molar-refractivity contribution in [2.45, 2.75) is 32.4 Å². The van der Waals surface area contributed by atoms with Crippen molar-refractivity contribution in [1.82, 2.24) is 10.2 Å². The zero-order valence-corrected chi connectivity index (χ0v) is 10.9. The summed E-state index contributed by atoms with van der Waals surface area (Å²) < 4.78 is 0. The number of nitrogens with one attached hydrogen (secondary N) is 1. The topological polar surface area (TPSA) is 49.4 Å². The third-order valence-electron chi connectivity index (χ3n) is 2.94. The molecule has 1 atom stereocenters. The fourth-order valence-electron chi connectivity index (χ4n) is 1.98. The fraction of sp³-hybridized carbons (Fsp3) is 0.385. The molecule has 1 saturated heterocycles. The zero-order valence-electron chi connectivity index (χ0n) is 10.1. The normalized spacial score (nSPS) is 19.2. The lowest BCUT2D eigenvalue weighted by molar-refractivity contribution is -0.128. The Kier molecular flexibility index (Phi) is 3.87. The predicted molar refractivity (Wildman–Crippen MR) is 69.2 cm³/mol. The van der Waals surface area contributed by atoms with E-state index in [9.17, 15) is 9.59 Å². The van der Waals surface area contributed by atoms with Gasteiger partial charge < -0.3 is 5.32 Å². The van der Waals surface area contributed by atoms with E-state index < -0.39 is 0 Å². The van der Waals surface area contributed by atoms with Crippen molar-refractivity contribution < 1.29 is 9.59 Å². The van der Waals surface area contributed by atoms with Crippen LogP contribution in [0.3, 0.4) is 0 Å². The maximum absolute atomic E-state index is 12.0. The minimum atomic E-state index is -0.366. The average Bonchev–Trinajstić information content (AvgIpc) is 2.60. The number of hydrogen-bond donors (Lipinski definition) is 1. The number of halogens is 1. The van der Waals surface area contributed by atoms with Gasteiger partial charge in [0, 0.05) is 5.02 Å². The molecule has 1 fully saturated rings. The summed E-state index contributed by atoms with van der Waals surface area (Å²) in [6, 6.07) is 6.45. The van der Waals surface area contributed by atoms with Crippen LogP contribution in [-0.4, -0.2) is 22.9 Å². The molecule has 1 aliphatic rings. The van der Waals surface area contributed by atoms with E-state index >= 15 is 0 Å².